The van der Waals surface area contributed by atoms with Crippen LogP contribution in [0.15, 0.2) is 297 Å². The molecule has 6 aromatic heterocycles. The van der Waals surface area contributed by atoms with Crippen LogP contribution in [0.1, 0.15) is 5.56 Å². The molecule has 422 valence electrons. The zero-order valence-electron chi connectivity index (χ0n) is 48.2. The molecule has 9 heteroatoms. The number of rotatable bonds is 11. The third-order valence-corrected chi connectivity index (χ3v) is 16.9. The number of halogens is 2. The third-order valence-electron chi connectivity index (χ3n) is 16.9. The molecule has 0 aliphatic carbocycles. The van der Waals surface area contributed by atoms with E-state index < -0.39 is 11.6 Å². The van der Waals surface area contributed by atoms with E-state index in [1.54, 1.807) is 0 Å². The lowest BCUT2D eigenvalue weighted by Gasteiger charge is -2.20. The lowest BCUT2D eigenvalue weighted by Crippen LogP contribution is -2.06. The van der Waals surface area contributed by atoms with Crippen molar-refractivity contribution in [2.75, 3.05) is 0 Å². The van der Waals surface area contributed by atoms with Crippen LogP contribution in [0.3, 0.4) is 0 Å². The first-order chi connectivity index (χ1) is 44.4. The van der Waals surface area contributed by atoms with Gasteiger partial charge in [-0.3, -0.25) is 0 Å². The number of nitrogens with zero attached hydrogens (tertiary/aromatic N) is 7. The van der Waals surface area contributed by atoms with Gasteiger partial charge >= 0.3 is 0 Å². The van der Waals surface area contributed by atoms with Gasteiger partial charge in [-0.25, -0.2) is 28.7 Å². The van der Waals surface area contributed by atoms with E-state index in [2.05, 4.69) is 137 Å². The molecule has 0 unspecified atom stereocenters. The number of aromatic nitrogens is 6. The Balaban J connectivity index is 0.954. The van der Waals surface area contributed by atoms with Crippen molar-refractivity contribution in [3.05, 3.63) is 314 Å². The van der Waals surface area contributed by atoms with Crippen molar-refractivity contribution >= 4 is 43.6 Å². The Hall–Kier alpha value is -12.3. The number of hydrogen-bond acceptors (Lipinski definition) is 5. The molecular weight excluding hydrogens is 1110 g/mol. The van der Waals surface area contributed by atoms with Gasteiger partial charge in [-0.2, -0.15) is 5.26 Å². The van der Waals surface area contributed by atoms with Gasteiger partial charge in [0.1, 0.15) is 23.3 Å². The maximum Gasteiger partial charge on any atom is 0.126 e. The Morgan fingerprint density at radius 2 is 0.567 bits per heavy atom. The second-order valence-electron chi connectivity index (χ2n) is 22.3. The highest BCUT2D eigenvalue weighted by Crippen LogP contribution is 2.45. The molecular formula is C81H49F2N7. The Bertz CT molecular complexity index is 5220. The van der Waals surface area contributed by atoms with E-state index >= 15 is 8.78 Å². The molecule has 90 heavy (non-hydrogen) atoms. The average Bonchev–Trinajstić information content (AvgIpc) is 1.59. The molecule has 0 amide bonds. The van der Waals surface area contributed by atoms with Crippen LogP contribution < -0.4 is 0 Å². The van der Waals surface area contributed by atoms with Crippen molar-refractivity contribution in [1.82, 2.24) is 29.1 Å². The molecule has 16 aromatic rings. The molecule has 0 radical (unpaired) electrons. The minimum atomic E-state index is -0.743. The molecule has 16 rings (SSSR count). The van der Waals surface area contributed by atoms with Gasteiger partial charge in [0.2, 0.25) is 0 Å². The first-order valence-corrected chi connectivity index (χ1v) is 29.7. The van der Waals surface area contributed by atoms with E-state index in [1.807, 2.05) is 158 Å². The summed E-state index contributed by atoms with van der Waals surface area (Å²) < 4.78 is 35.8. The second-order valence-corrected chi connectivity index (χ2v) is 22.3. The van der Waals surface area contributed by atoms with Crippen molar-refractivity contribution in [2.45, 2.75) is 0 Å². The summed E-state index contributed by atoms with van der Waals surface area (Å²) in [6, 6.07) is 100.0. The monoisotopic (exact) mass is 1160 g/mol. The first kappa shape index (κ1) is 53.2. The third kappa shape index (κ3) is 9.53. The lowest BCUT2D eigenvalue weighted by molar-refractivity contribution is 0.584. The molecule has 0 spiro atoms. The molecule has 0 aliphatic heterocycles. The Morgan fingerprint density at radius 1 is 0.267 bits per heavy atom. The number of fused-ring (bicyclic) bond motifs is 6. The minimum Gasteiger partial charge on any atom is -0.308 e. The normalized spacial score (nSPS) is 11.4. The minimum absolute atomic E-state index is 0.268. The van der Waals surface area contributed by atoms with Crippen molar-refractivity contribution in [1.29, 1.82) is 5.26 Å². The quantitative estimate of drug-likeness (QED) is 0.129. The van der Waals surface area contributed by atoms with Gasteiger partial charge in [-0.1, -0.05) is 176 Å². The molecule has 7 nitrogen and oxygen atoms in total. The van der Waals surface area contributed by atoms with E-state index in [-0.39, 0.29) is 11.1 Å². The van der Waals surface area contributed by atoms with Crippen LogP contribution in [0, 0.1) is 23.0 Å². The lowest BCUT2D eigenvalue weighted by atomic mass is 9.97. The molecule has 0 N–H and O–H groups in total. The molecule has 0 atom stereocenters. The summed E-state index contributed by atoms with van der Waals surface area (Å²) in [6.45, 7) is 0. The predicted molar refractivity (Wildman–Crippen MR) is 360 cm³/mol. The van der Waals surface area contributed by atoms with Gasteiger partial charge in [0, 0.05) is 77.7 Å². The Labute approximate surface area is 517 Å². The van der Waals surface area contributed by atoms with Gasteiger partial charge < -0.3 is 9.13 Å². The van der Waals surface area contributed by atoms with Crippen molar-refractivity contribution in [3.63, 3.8) is 0 Å². The van der Waals surface area contributed by atoms with Crippen LogP contribution in [0.5, 0.6) is 0 Å². The number of benzene rings is 10. The van der Waals surface area contributed by atoms with Crippen molar-refractivity contribution in [2.24, 2.45) is 0 Å². The second kappa shape index (κ2) is 22.2. The fourth-order valence-electron chi connectivity index (χ4n) is 12.7. The van der Waals surface area contributed by atoms with E-state index in [0.717, 1.165) is 140 Å². The van der Waals surface area contributed by atoms with Crippen LogP contribution in [-0.4, -0.2) is 29.1 Å². The maximum atomic E-state index is 15.8. The summed E-state index contributed by atoms with van der Waals surface area (Å²) >= 11 is 0. The Morgan fingerprint density at radius 3 is 0.878 bits per heavy atom. The number of nitriles is 1. The largest absolute Gasteiger partial charge is 0.308 e. The van der Waals surface area contributed by atoms with Crippen LogP contribution in [0.2, 0.25) is 0 Å². The summed E-state index contributed by atoms with van der Waals surface area (Å²) in [5.74, 6) is -1.49. The summed E-state index contributed by atoms with van der Waals surface area (Å²) in [7, 11) is 0. The fourth-order valence-corrected chi connectivity index (χ4v) is 12.7. The van der Waals surface area contributed by atoms with E-state index in [1.165, 1.54) is 12.1 Å². The average molecular weight is 1160 g/mol. The molecule has 6 heterocycles. The van der Waals surface area contributed by atoms with Gasteiger partial charge in [0.25, 0.3) is 0 Å². The van der Waals surface area contributed by atoms with Crippen LogP contribution in [0.25, 0.3) is 156 Å². The summed E-state index contributed by atoms with van der Waals surface area (Å²) in [5, 5.41) is 15.7. The van der Waals surface area contributed by atoms with E-state index in [4.69, 9.17) is 19.9 Å². The number of hydrogen-bond donors (Lipinski definition) is 0. The highest BCUT2D eigenvalue weighted by atomic mass is 19.1. The maximum absolute atomic E-state index is 15.8. The fraction of sp³-hybridized carbons (Fsp3) is 0. The van der Waals surface area contributed by atoms with Crippen LogP contribution in [0.4, 0.5) is 8.78 Å². The SMILES string of the molecule is N#Cc1c(-n2c3ccc(-c4cccc(-c5ccccc5)n4)cc3c3cc(-c4cccc(-c5ccccc5)n4)ccc32)ccc(-c2cc(F)cc(F)c2)c1-n1c2ccc(-c3cccc(-c4ccccc4)n3)cc2c2cc(-c3cccc(-c4ccccc4)n3)ccc21. The first-order valence-electron chi connectivity index (χ1n) is 29.7. The smallest absolute Gasteiger partial charge is 0.126 e. The summed E-state index contributed by atoms with van der Waals surface area (Å²) in [6.07, 6.45) is 0. The summed E-state index contributed by atoms with van der Waals surface area (Å²) in [5.41, 5.74) is 19.3. The predicted octanol–water partition coefficient (Wildman–Crippen LogP) is 20.6. The van der Waals surface area contributed by atoms with E-state index in [9.17, 15) is 5.26 Å². The van der Waals surface area contributed by atoms with Crippen LogP contribution >= 0.6 is 0 Å². The van der Waals surface area contributed by atoms with Crippen molar-refractivity contribution in [3.8, 4) is 119 Å². The van der Waals surface area contributed by atoms with Gasteiger partial charge in [0.15, 0.2) is 0 Å². The van der Waals surface area contributed by atoms with Gasteiger partial charge in [-0.05, 0) is 121 Å². The standard InChI is InChI=1S/C81H49F2N7/c82-60-43-59(44-61(83)49-60)62-37-42-80(89-76-38-33-55(72-29-13-25-68(85-72)51-17-5-1-6-18-51)45-63(76)64-46-56(34-39-77(64)89)73-30-14-26-69(86-73)52-19-7-2-8-20-52)67(50-84)81(62)90-78-40-35-57(74-31-15-27-70(87-74)53-21-9-3-10-22-53)47-65(78)66-48-58(36-41-79(66)90)75-32-16-28-71(88-75)54-23-11-4-12-24-54/h1-49H. The van der Waals surface area contributed by atoms with E-state index in [0.29, 0.717) is 16.9 Å². The zero-order chi connectivity index (χ0) is 60.2. The molecule has 0 aliphatic rings. The van der Waals surface area contributed by atoms with Crippen LogP contribution in [-0.2, 0) is 0 Å². The zero-order valence-corrected chi connectivity index (χ0v) is 48.2. The molecule has 10 aromatic carbocycles. The molecule has 0 fully saturated rings. The number of pyridine rings is 4. The van der Waals surface area contributed by atoms with Crippen molar-refractivity contribution < 1.29 is 8.78 Å². The highest BCUT2D eigenvalue weighted by Gasteiger charge is 2.26. The highest BCUT2D eigenvalue weighted by molar-refractivity contribution is 6.14. The van der Waals surface area contributed by atoms with Gasteiger partial charge in [0.05, 0.1) is 79.0 Å². The Kier molecular flexibility index (Phi) is 13.2. The molecule has 0 saturated heterocycles. The molecule has 0 saturated carbocycles. The topological polar surface area (TPSA) is 85.2 Å². The summed E-state index contributed by atoms with van der Waals surface area (Å²) in [4.78, 5) is 20.8. The van der Waals surface area contributed by atoms with Gasteiger partial charge in [-0.15, -0.1) is 0 Å². The molecule has 0 bridgehead atoms.